The molecule has 2 unspecified atom stereocenters. The van der Waals surface area contributed by atoms with Gasteiger partial charge >= 0.3 is 6.09 Å². The van der Waals surface area contributed by atoms with Gasteiger partial charge in [-0.1, -0.05) is 48.5 Å². The molecule has 0 N–H and O–H groups in total. The van der Waals surface area contributed by atoms with E-state index in [0.29, 0.717) is 25.1 Å². The number of hydrogen-bond donors (Lipinski definition) is 0. The molecule has 2 atom stereocenters. The third-order valence-corrected chi connectivity index (χ3v) is 7.92. The van der Waals surface area contributed by atoms with Crippen LogP contribution in [0.4, 0.5) is 9.18 Å². The van der Waals surface area contributed by atoms with Gasteiger partial charge in [-0.2, -0.15) is 0 Å². The van der Waals surface area contributed by atoms with Crippen LogP contribution in [-0.2, 0) is 4.74 Å². The van der Waals surface area contributed by atoms with Gasteiger partial charge in [0.25, 0.3) is 0 Å². The predicted octanol–water partition coefficient (Wildman–Crippen LogP) is 5.90. The fourth-order valence-electron chi connectivity index (χ4n) is 6.25. The van der Waals surface area contributed by atoms with Crippen LogP contribution in [0.3, 0.4) is 0 Å². The van der Waals surface area contributed by atoms with Crippen molar-refractivity contribution in [3.8, 4) is 11.1 Å². The van der Waals surface area contributed by atoms with Crippen LogP contribution >= 0.6 is 0 Å². The summed E-state index contributed by atoms with van der Waals surface area (Å²) < 4.78 is 19.5. The van der Waals surface area contributed by atoms with Gasteiger partial charge in [0, 0.05) is 23.9 Å². The van der Waals surface area contributed by atoms with E-state index in [1.807, 2.05) is 29.2 Å². The molecule has 6 rings (SSSR count). The van der Waals surface area contributed by atoms with E-state index in [1.54, 1.807) is 6.92 Å². The lowest BCUT2D eigenvalue weighted by Gasteiger charge is -2.37. The zero-order chi connectivity index (χ0) is 24.1. The second kappa shape index (κ2) is 8.59. The molecule has 1 aliphatic carbocycles. The van der Waals surface area contributed by atoms with Crippen molar-refractivity contribution >= 4 is 11.9 Å². The highest BCUT2D eigenvalue weighted by Crippen LogP contribution is 2.45. The first kappa shape index (κ1) is 22.0. The van der Waals surface area contributed by atoms with Gasteiger partial charge in [0.1, 0.15) is 18.1 Å². The largest absolute Gasteiger partial charge is 0.448 e. The van der Waals surface area contributed by atoms with Crippen LogP contribution in [0, 0.1) is 18.7 Å². The van der Waals surface area contributed by atoms with Crippen LogP contribution in [0.2, 0.25) is 0 Å². The van der Waals surface area contributed by atoms with Crippen LogP contribution in [0.5, 0.6) is 0 Å². The molecule has 2 bridgehead atoms. The van der Waals surface area contributed by atoms with Crippen LogP contribution in [0.1, 0.15) is 58.9 Å². The molecule has 2 aliphatic heterocycles. The maximum absolute atomic E-state index is 13.6. The van der Waals surface area contributed by atoms with E-state index < -0.39 is 5.82 Å². The Labute approximate surface area is 203 Å². The van der Waals surface area contributed by atoms with Gasteiger partial charge in [0.05, 0.1) is 5.69 Å². The van der Waals surface area contributed by atoms with Crippen molar-refractivity contribution < 1.29 is 18.7 Å². The molecule has 2 fully saturated rings. The molecule has 0 saturated carbocycles. The smallest absolute Gasteiger partial charge is 0.410 e. The monoisotopic (exact) mass is 470 g/mol. The predicted molar refractivity (Wildman–Crippen MR) is 130 cm³/mol. The number of carbonyl (C=O) groups is 2. The number of piperidine rings is 1. The summed E-state index contributed by atoms with van der Waals surface area (Å²) in [6.07, 6.45) is 2.64. The molecule has 35 heavy (non-hydrogen) atoms. The molecular formula is C29H27FN2O3. The number of aryl methyl sites for hydroxylation is 1. The number of aromatic nitrogens is 1. The molecule has 178 valence electrons. The average Bonchev–Trinajstić information content (AvgIpc) is 3.34. The lowest BCUT2D eigenvalue weighted by Crippen LogP contribution is -2.48. The summed E-state index contributed by atoms with van der Waals surface area (Å²) in [7, 11) is 0. The van der Waals surface area contributed by atoms with E-state index in [0.717, 1.165) is 12.8 Å². The Kier molecular flexibility index (Phi) is 5.39. The minimum atomic E-state index is -0.410. The quantitative estimate of drug-likeness (QED) is 0.445. The molecule has 2 saturated heterocycles. The van der Waals surface area contributed by atoms with Gasteiger partial charge in [-0.25, -0.2) is 14.2 Å². The minimum absolute atomic E-state index is 0.0140. The first-order valence-electron chi connectivity index (χ1n) is 12.3. The normalized spacial score (nSPS) is 22.6. The Morgan fingerprint density at radius 3 is 2.14 bits per heavy atom. The van der Waals surface area contributed by atoms with E-state index >= 15 is 0 Å². The maximum atomic E-state index is 13.6. The number of nitrogens with zero attached hydrogens (tertiary/aromatic N) is 2. The van der Waals surface area contributed by atoms with Gasteiger partial charge in [0.2, 0.25) is 0 Å². The van der Waals surface area contributed by atoms with Crippen molar-refractivity contribution in [2.45, 2.75) is 50.6 Å². The highest BCUT2D eigenvalue weighted by Gasteiger charge is 2.46. The lowest BCUT2D eigenvalue weighted by atomic mass is 9.86. The third-order valence-electron chi connectivity index (χ3n) is 7.92. The van der Waals surface area contributed by atoms with Crippen molar-refractivity contribution in [3.05, 3.63) is 89.0 Å². The summed E-state index contributed by atoms with van der Waals surface area (Å²) in [5.74, 6) is -0.651. The Morgan fingerprint density at radius 2 is 1.54 bits per heavy atom. The van der Waals surface area contributed by atoms with Crippen molar-refractivity contribution in [1.29, 1.82) is 0 Å². The number of pyridine rings is 1. The highest BCUT2D eigenvalue weighted by atomic mass is 19.1. The number of hydrogen-bond acceptors (Lipinski definition) is 4. The third kappa shape index (κ3) is 3.72. The number of halogens is 1. The summed E-state index contributed by atoms with van der Waals surface area (Å²) in [5, 5.41) is 0. The standard InChI is InChI=1S/C29H27FN2O3/c1-17-26(30)12-13-27(31-17)28(33)18-14-19-10-11-20(15-18)32(19)29(34)35-16-25-23-8-4-2-6-21(23)22-7-3-5-9-24(22)25/h2-9,12-13,18-20,25H,10-11,14-16H2,1H3. The number of carbonyl (C=O) groups excluding carboxylic acids is 2. The van der Waals surface area contributed by atoms with Crippen LogP contribution < -0.4 is 0 Å². The van der Waals surface area contributed by atoms with Gasteiger partial charge in [-0.05, 0) is 67.0 Å². The first-order valence-corrected chi connectivity index (χ1v) is 12.3. The molecule has 1 amide bonds. The first-order chi connectivity index (χ1) is 17.0. The number of Topliss-reactive ketones (excluding diaryl/α,β-unsaturated/α-hetero) is 1. The topological polar surface area (TPSA) is 59.5 Å². The molecule has 3 aliphatic rings. The molecule has 0 radical (unpaired) electrons. The van der Waals surface area contributed by atoms with Gasteiger partial charge in [0.15, 0.2) is 5.78 Å². The Morgan fingerprint density at radius 1 is 0.943 bits per heavy atom. The summed E-state index contributed by atoms with van der Waals surface area (Å²) >= 11 is 0. The summed E-state index contributed by atoms with van der Waals surface area (Å²) in [4.78, 5) is 32.3. The van der Waals surface area contributed by atoms with Gasteiger partial charge < -0.3 is 9.64 Å². The Balaban J connectivity index is 1.14. The molecule has 5 nitrogen and oxygen atoms in total. The van der Waals surface area contributed by atoms with Gasteiger partial charge in [-0.15, -0.1) is 0 Å². The minimum Gasteiger partial charge on any atom is -0.448 e. The van der Waals surface area contributed by atoms with E-state index in [9.17, 15) is 14.0 Å². The molecule has 3 aromatic rings. The van der Waals surface area contributed by atoms with E-state index in [-0.39, 0.29) is 41.5 Å². The van der Waals surface area contributed by atoms with E-state index in [2.05, 4.69) is 29.2 Å². The van der Waals surface area contributed by atoms with Crippen LogP contribution in [0.15, 0.2) is 60.7 Å². The number of fused-ring (bicyclic) bond motifs is 5. The molecule has 0 spiro atoms. The second-order valence-corrected chi connectivity index (χ2v) is 9.89. The molecular weight excluding hydrogens is 443 g/mol. The Bertz CT molecular complexity index is 1260. The van der Waals surface area contributed by atoms with Crippen molar-refractivity contribution in [2.24, 2.45) is 5.92 Å². The second-order valence-electron chi connectivity index (χ2n) is 9.89. The zero-order valence-electron chi connectivity index (χ0n) is 19.6. The fourth-order valence-corrected chi connectivity index (χ4v) is 6.25. The van der Waals surface area contributed by atoms with Crippen LogP contribution in [-0.4, -0.2) is 40.5 Å². The summed E-state index contributed by atoms with van der Waals surface area (Å²) in [6, 6.07) is 19.3. The number of amides is 1. The summed E-state index contributed by atoms with van der Waals surface area (Å²) in [5.41, 5.74) is 5.32. The van der Waals surface area contributed by atoms with Crippen molar-refractivity contribution in [3.63, 3.8) is 0 Å². The molecule has 1 aromatic heterocycles. The molecule has 2 aromatic carbocycles. The number of benzene rings is 2. The fraction of sp³-hybridized carbons (Fsp3) is 0.345. The SMILES string of the molecule is Cc1nc(C(=O)C2CC3CCC(C2)N3C(=O)OCC2c3ccccc3-c3ccccc32)ccc1F. The molecule has 3 heterocycles. The zero-order valence-corrected chi connectivity index (χ0v) is 19.6. The Hall–Kier alpha value is -3.54. The maximum Gasteiger partial charge on any atom is 0.410 e. The highest BCUT2D eigenvalue weighted by molar-refractivity contribution is 5.96. The lowest BCUT2D eigenvalue weighted by molar-refractivity contribution is 0.0504. The number of ketones is 1. The summed E-state index contributed by atoms with van der Waals surface area (Å²) in [6.45, 7) is 1.86. The van der Waals surface area contributed by atoms with Gasteiger partial charge in [-0.3, -0.25) is 4.79 Å². The number of rotatable bonds is 4. The average molecular weight is 471 g/mol. The van der Waals surface area contributed by atoms with E-state index in [4.69, 9.17) is 4.74 Å². The number of ether oxygens (including phenoxy) is 1. The van der Waals surface area contributed by atoms with Crippen LogP contribution in [0.25, 0.3) is 11.1 Å². The molecule has 6 heteroatoms. The van der Waals surface area contributed by atoms with E-state index in [1.165, 1.54) is 34.4 Å². The van der Waals surface area contributed by atoms with Crippen molar-refractivity contribution in [2.75, 3.05) is 6.61 Å². The van der Waals surface area contributed by atoms with Crippen molar-refractivity contribution in [1.82, 2.24) is 9.88 Å².